The van der Waals surface area contributed by atoms with Crippen molar-refractivity contribution in [2.45, 2.75) is 20.4 Å². The van der Waals surface area contributed by atoms with Crippen molar-refractivity contribution in [1.82, 2.24) is 0 Å². The summed E-state index contributed by atoms with van der Waals surface area (Å²) in [5.74, 6) is 0. The molecule has 1 aromatic heterocycles. The quantitative estimate of drug-likeness (QED) is 0.828. The zero-order valence-electron chi connectivity index (χ0n) is 10.4. The molecule has 3 N–H and O–H groups in total. The lowest BCUT2D eigenvalue weighted by molar-refractivity contribution is 1.19. The zero-order chi connectivity index (χ0) is 13.1. The monoisotopic (exact) mass is 257 g/mol. The molecule has 0 amide bonds. The molecule has 0 aliphatic rings. The van der Waals surface area contributed by atoms with E-state index in [1.54, 1.807) is 29.5 Å². The predicted molar refractivity (Wildman–Crippen MR) is 76.7 cm³/mol. The van der Waals surface area contributed by atoms with Crippen molar-refractivity contribution in [3.05, 3.63) is 45.1 Å². The van der Waals surface area contributed by atoms with Crippen LogP contribution in [0.2, 0.25) is 0 Å². The van der Waals surface area contributed by atoms with Crippen LogP contribution in [-0.2, 0) is 6.54 Å². The van der Waals surface area contributed by atoms with Crippen molar-refractivity contribution in [3.8, 4) is 6.07 Å². The Bertz CT molecular complexity index is 588. The number of nitrogens with zero attached hydrogens (tertiary/aromatic N) is 1. The van der Waals surface area contributed by atoms with E-state index in [-0.39, 0.29) is 0 Å². The molecule has 0 radical (unpaired) electrons. The van der Waals surface area contributed by atoms with Crippen LogP contribution in [0.3, 0.4) is 0 Å². The minimum absolute atomic E-state index is 0.616. The highest BCUT2D eigenvalue weighted by Gasteiger charge is 2.04. The van der Waals surface area contributed by atoms with E-state index in [1.165, 1.54) is 15.3 Å². The normalized spacial score (nSPS) is 10.1. The van der Waals surface area contributed by atoms with Crippen LogP contribution in [0.25, 0.3) is 0 Å². The van der Waals surface area contributed by atoms with E-state index in [0.29, 0.717) is 11.3 Å². The van der Waals surface area contributed by atoms with E-state index < -0.39 is 0 Å². The second-order valence-electron chi connectivity index (χ2n) is 4.22. The van der Waals surface area contributed by atoms with Crippen LogP contribution in [-0.4, -0.2) is 0 Å². The molecular formula is C14H15N3S. The van der Waals surface area contributed by atoms with Crippen molar-refractivity contribution in [1.29, 1.82) is 5.26 Å². The number of anilines is 2. The zero-order valence-corrected chi connectivity index (χ0v) is 11.3. The molecule has 0 saturated carbocycles. The van der Waals surface area contributed by atoms with E-state index in [9.17, 15) is 0 Å². The number of nitriles is 1. The average molecular weight is 257 g/mol. The molecule has 3 nitrogen and oxygen atoms in total. The smallest absolute Gasteiger partial charge is 0.0992 e. The molecule has 0 unspecified atom stereocenters. The summed E-state index contributed by atoms with van der Waals surface area (Å²) in [5, 5.41) is 12.1. The van der Waals surface area contributed by atoms with Gasteiger partial charge in [-0.1, -0.05) is 0 Å². The standard InChI is InChI=1S/C14H15N3S/c1-9-5-12(18-10(9)2)8-17-14-6-11(7-15)3-4-13(14)16/h3-6,17H,8,16H2,1-2H3. The van der Waals surface area contributed by atoms with Gasteiger partial charge in [-0.25, -0.2) is 0 Å². The fraction of sp³-hybridized carbons (Fsp3) is 0.214. The van der Waals surface area contributed by atoms with E-state index in [0.717, 1.165) is 12.2 Å². The lowest BCUT2D eigenvalue weighted by atomic mass is 10.2. The number of rotatable bonds is 3. The lowest BCUT2D eigenvalue weighted by Crippen LogP contribution is -2.01. The number of thiophene rings is 1. The van der Waals surface area contributed by atoms with E-state index >= 15 is 0 Å². The summed E-state index contributed by atoms with van der Waals surface area (Å²) in [6.45, 7) is 4.96. The molecule has 0 bridgehead atoms. The SMILES string of the molecule is Cc1cc(CNc2cc(C#N)ccc2N)sc1C. The van der Waals surface area contributed by atoms with Gasteiger partial charge < -0.3 is 11.1 Å². The fourth-order valence-corrected chi connectivity index (χ4v) is 2.69. The molecular weight excluding hydrogens is 242 g/mol. The summed E-state index contributed by atoms with van der Waals surface area (Å²) in [4.78, 5) is 2.61. The van der Waals surface area contributed by atoms with Gasteiger partial charge in [0, 0.05) is 16.3 Å². The van der Waals surface area contributed by atoms with Gasteiger partial charge in [0.25, 0.3) is 0 Å². The van der Waals surface area contributed by atoms with Crippen molar-refractivity contribution in [2.75, 3.05) is 11.1 Å². The Morgan fingerprint density at radius 3 is 2.72 bits per heavy atom. The first kappa shape index (κ1) is 12.5. The van der Waals surface area contributed by atoms with E-state index in [2.05, 4.69) is 31.3 Å². The molecule has 4 heteroatoms. The number of aryl methyl sites for hydroxylation is 2. The first-order valence-electron chi connectivity index (χ1n) is 5.69. The van der Waals surface area contributed by atoms with Crippen LogP contribution in [0.15, 0.2) is 24.3 Å². The largest absolute Gasteiger partial charge is 0.397 e. The van der Waals surface area contributed by atoms with Gasteiger partial charge in [-0.15, -0.1) is 11.3 Å². The first-order valence-corrected chi connectivity index (χ1v) is 6.51. The predicted octanol–water partition coefficient (Wildman–Crippen LogP) is 3.43. The van der Waals surface area contributed by atoms with Crippen molar-refractivity contribution >= 4 is 22.7 Å². The Labute approximate surface area is 111 Å². The Balaban J connectivity index is 2.13. The van der Waals surface area contributed by atoms with Crippen LogP contribution in [0.4, 0.5) is 11.4 Å². The lowest BCUT2D eigenvalue weighted by Gasteiger charge is -2.08. The summed E-state index contributed by atoms with van der Waals surface area (Å²) >= 11 is 1.78. The second-order valence-corrected chi connectivity index (χ2v) is 5.56. The third kappa shape index (κ3) is 2.63. The molecule has 0 spiro atoms. The van der Waals surface area contributed by atoms with Crippen LogP contribution in [0.1, 0.15) is 20.9 Å². The molecule has 0 atom stereocenters. The molecule has 1 heterocycles. The maximum atomic E-state index is 8.86. The maximum absolute atomic E-state index is 8.86. The number of hydrogen-bond donors (Lipinski definition) is 2. The summed E-state index contributed by atoms with van der Waals surface area (Å²) < 4.78 is 0. The van der Waals surface area contributed by atoms with Gasteiger partial charge in [0.15, 0.2) is 0 Å². The summed E-state index contributed by atoms with van der Waals surface area (Å²) in [5.41, 5.74) is 9.29. The Hall–Kier alpha value is -1.99. The van der Waals surface area contributed by atoms with Gasteiger partial charge in [0.2, 0.25) is 0 Å². The van der Waals surface area contributed by atoms with Crippen LogP contribution in [0, 0.1) is 25.2 Å². The topological polar surface area (TPSA) is 61.8 Å². The molecule has 0 saturated heterocycles. The van der Waals surface area contributed by atoms with E-state index in [1.807, 2.05) is 0 Å². The van der Waals surface area contributed by atoms with Gasteiger partial charge in [0.05, 0.1) is 23.0 Å². The molecule has 92 valence electrons. The Kier molecular flexibility index (Phi) is 3.54. The van der Waals surface area contributed by atoms with Gasteiger partial charge in [-0.3, -0.25) is 0 Å². The first-order chi connectivity index (χ1) is 8.60. The van der Waals surface area contributed by atoms with Crippen LogP contribution >= 0.6 is 11.3 Å². The summed E-state index contributed by atoms with van der Waals surface area (Å²) in [6.07, 6.45) is 0. The molecule has 0 aliphatic heterocycles. The third-order valence-electron chi connectivity index (χ3n) is 2.85. The van der Waals surface area contributed by atoms with Crippen molar-refractivity contribution < 1.29 is 0 Å². The highest BCUT2D eigenvalue weighted by atomic mass is 32.1. The van der Waals surface area contributed by atoms with Crippen molar-refractivity contribution in [2.24, 2.45) is 0 Å². The van der Waals surface area contributed by atoms with Crippen molar-refractivity contribution in [3.63, 3.8) is 0 Å². The number of nitrogens with two attached hydrogens (primary N) is 1. The summed E-state index contributed by atoms with van der Waals surface area (Å²) in [7, 11) is 0. The number of nitrogen functional groups attached to an aromatic ring is 1. The molecule has 18 heavy (non-hydrogen) atoms. The number of hydrogen-bond acceptors (Lipinski definition) is 4. The Morgan fingerprint density at radius 1 is 1.33 bits per heavy atom. The van der Waals surface area contributed by atoms with Gasteiger partial charge >= 0.3 is 0 Å². The highest BCUT2D eigenvalue weighted by Crippen LogP contribution is 2.24. The minimum atomic E-state index is 0.616. The molecule has 2 aromatic rings. The molecule has 0 aliphatic carbocycles. The number of nitrogens with one attached hydrogen (secondary N) is 1. The Morgan fingerprint density at radius 2 is 2.11 bits per heavy atom. The highest BCUT2D eigenvalue weighted by molar-refractivity contribution is 7.12. The van der Waals surface area contributed by atoms with E-state index in [4.69, 9.17) is 11.0 Å². The van der Waals surface area contributed by atoms with Crippen LogP contribution in [0.5, 0.6) is 0 Å². The van der Waals surface area contributed by atoms with Crippen LogP contribution < -0.4 is 11.1 Å². The minimum Gasteiger partial charge on any atom is -0.397 e. The third-order valence-corrected chi connectivity index (χ3v) is 4.01. The maximum Gasteiger partial charge on any atom is 0.0992 e. The second kappa shape index (κ2) is 5.11. The molecule has 2 rings (SSSR count). The van der Waals surface area contributed by atoms with Gasteiger partial charge in [-0.05, 0) is 43.7 Å². The molecule has 1 aromatic carbocycles. The summed E-state index contributed by atoms with van der Waals surface area (Å²) in [6, 6.07) is 9.55. The molecule has 0 fully saturated rings. The van der Waals surface area contributed by atoms with Gasteiger partial charge in [0.1, 0.15) is 0 Å². The number of benzene rings is 1. The van der Waals surface area contributed by atoms with Gasteiger partial charge in [-0.2, -0.15) is 5.26 Å². The average Bonchev–Trinajstić information content (AvgIpc) is 2.68. The fourth-order valence-electron chi connectivity index (χ4n) is 1.70.